The number of halogens is 1. The topological polar surface area (TPSA) is 37.0 Å². The molecule has 1 saturated heterocycles. The lowest BCUT2D eigenvalue weighted by atomic mass is 10.1. The van der Waals surface area contributed by atoms with E-state index in [9.17, 15) is 0 Å². The normalized spacial score (nSPS) is 29.1. The highest BCUT2D eigenvalue weighted by atomic mass is 35.5. The van der Waals surface area contributed by atoms with Gasteiger partial charge in [0.15, 0.2) is 0 Å². The second-order valence-corrected chi connectivity index (χ2v) is 3.33. The summed E-state index contributed by atoms with van der Waals surface area (Å²) in [5.41, 5.74) is 7.07. The summed E-state index contributed by atoms with van der Waals surface area (Å²) in [4.78, 5) is 4.22. The number of alkyl halides is 1. The Morgan fingerprint density at radius 3 is 3.00 bits per heavy atom. The van der Waals surface area contributed by atoms with Crippen LogP contribution in [0.2, 0.25) is 0 Å². The van der Waals surface area contributed by atoms with Crippen LogP contribution in [0.4, 0.5) is 0 Å². The predicted molar refractivity (Wildman–Crippen MR) is 47.8 cm³/mol. The van der Waals surface area contributed by atoms with E-state index < -0.39 is 0 Å². The minimum absolute atomic E-state index is 0.0832. The largest absolute Gasteiger partial charge is 0.260 e. The second-order valence-electron chi connectivity index (χ2n) is 2.77. The molecule has 3 nitrogen and oxygen atoms in total. The quantitative estimate of drug-likeness (QED) is 0.634. The van der Waals surface area contributed by atoms with Crippen LogP contribution in [0.5, 0.6) is 0 Å². The summed E-state index contributed by atoms with van der Waals surface area (Å²) in [5, 5.41) is 0.0832. The highest BCUT2D eigenvalue weighted by Crippen LogP contribution is 2.20. The molecule has 2 N–H and O–H groups in total. The van der Waals surface area contributed by atoms with Crippen LogP contribution < -0.4 is 10.9 Å². The standard InChI is InChI=1S/C8H10ClN3/c9-6-5-11-12-8(6)7-3-1-2-4-10-7/h1-4,6,8,11-12H,5H2. The van der Waals surface area contributed by atoms with E-state index in [0.29, 0.717) is 0 Å². The fraction of sp³-hybridized carbons (Fsp3) is 0.375. The fourth-order valence-electron chi connectivity index (χ4n) is 1.29. The van der Waals surface area contributed by atoms with Gasteiger partial charge >= 0.3 is 0 Å². The third-order valence-electron chi connectivity index (χ3n) is 1.92. The van der Waals surface area contributed by atoms with E-state index in [1.54, 1.807) is 6.20 Å². The molecular weight excluding hydrogens is 174 g/mol. The lowest BCUT2D eigenvalue weighted by Crippen LogP contribution is -2.25. The van der Waals surface area contributed by atoms with E-state index in [1.165, 1.54) is 0 Å². The predicted octanol–water partition coefficient (Wildman–Crippen LogP) is 0.838. The first-order valence-corrected chi connectivity index (χ1v) is 4.35. The minimum atomic E-state index is 0.0832. The van der Waals surface area contributed by atoms with Crippen molar-refractivity contribution in [3.63, 3.8) is 0 Å². The zero-order valence-corrected chi connectivity index (χ0v) is 7.25. The molecule has 0 radical (unpaired) electrons. The Morgan fingerprint density at radius 1 is 1.50 bits per heavy atom. The molecule has 2 unspecified atom stereocenters. The number of aromatic nitrogens is 1. The van der Waals surface area contributed by atoms with Crippen LogP contribution in [0, 0.1) is 0 Å². The van der Waals surface area contributed by atoms with Crippen LogP contribution in [0.3, 0.4) is 0 Å². The molecule has 0 aliphatic carbocycles. The summed E-state index contributed by atoms with van der Waals surface area (Å²) in [6, 6.07) is 5.97. The minimum Gasteiger partial charge on any atom is -0.260 e. The first-order chi connectivity index (χ1) is 5.88. The van der Waals surface area contributed by atoms with Crippen molar-refractivity contribution in [2.24, 2.45) is 0 Å². The van der Waals surface area contributed by atoms with Crippen molar-refractivity contribution < 1.29 is 0 Å². The van der Waals surface area contributed by atoms with Crippen molar-refractivity contribution in [2.75, 3.05) is 6.54 Å². The molecule has 0 spiro atoms. The molecule has 0 saturated carbocycles. The van der Waals surface area contributed by atoms with E-state index in [4.69, 9.17) is 11.6 Å². The Labute approximate surface area is 76.1 Å². The van der Waals surface area contributed by atoms with Crippen LogP contribution in [-0.4, -0.2) is 16.9 Å². The van der Waals surface area contributed by atoms with Crippen molar-refractivity contribution in [3.8, 4) is 0 Å². The van der Waals surface area contributed by atoms with Crippen LogP contribution in [0.15, 0.2) is 24.4 Å². The lowest BCUT2D eigenvalue weighted by molar-refractivity contribution is 0.570. The van der Waals surface area contributed by atoms with Gasteiger partial charge in [0.25, 0.3) is 0 Å². The SMILES string of the molecule is ClC1CNNC1c1ccccn1. The molecule has 64 valence electrons. The zero-order valence-electron chi connectivity index (χ0n) is 6.50. The summed E-state index contributed by atoms with van der Waals surface area (Å²) in [6.45, 7) is 0.781. The van der Waals surface area contributed by atoms with Gasteiger partial charge in [-0.15, -0.1) is 11.6 Å². The van der Waals surface area contributed by atoms with Gasteiger partial charge in [-0.1, -0.05) is 6.07 Å². The Bertz CT molecular complexity index is 252. The molecule has 2 atom stereocenters. The molecule has 0 amide bonds. The van der Waals surface area contributed by atoms with E-state index in [-0.39, 0.29) is 11.4 Å². The summed E-state index contributed by atoms with van der Waals surface area (Å²) in [5.74, 6) is 0. The Kier molecular flexibility index (Phi) is 2.26. The first-order valence-electron chi connectivity index (χ1n) is 3.91. The lowest BCUT2D eigenvalue weighted by Gasteiger charge is -2.11. The molecule has 1 aromatic heterocycles. The van der Waals surface area contributed by atoms with Crippen LogP contribution in [-0.2, 0) is 0 Å². The van der Waals surface area contributed by atoms with Gasteiger partial charge in [-0.2, -0.15) is 0 Å². The molecule has 2 rings (SSSR count). The first kappa shape index (κ1) is 7.98. The highest BCUT2D eigenvalue weighted by molar-refractivity contribution is 6.21. The average molecular weight is 184 g/mol. The maximum atomic E-state index is 6.05. The van der Waals surface area contributed by atoms with Crippen LogP contribution in [0.25, 0.3) is 0 Å². The number of nitrogens with one attached hydrogen (secondary N) is 2. The van der Waals surface area contributed by atoms with Gasteiger partial charge in [-0.25, -0.2) is 5.43 Å². The van der Waals surface area contributed by atoms with Crippen molar-refractivity contribution in [1.29, 1.82) is 0 Å². The van der Waals surface area contributed by atoms with Crippen molar-refractivity contribution in [3.05, 3.63) is 30.1 Å². The molecular formula is C8H10ClN3. The van der Waals surface area contributed by atoms with Crippen LogP contribution in [0.1, 0.15) is 11.7 Å². The fourth-order valence-corrected chi connectivity index (χ4v) is 1.56. The third-order valence-corrected chi connectivity index (χ3v) is 2.33. The summed E-state index contributed by atoms with van der Waals surface area (Å²) < 4.78 is 0. The second kappa shape index (κ2) is 3.39. The van der Waals surface area contributed by atoms with Gasteiger partial charge in [0, 0.05) is 12.7 Å². The summed E-state index contributed by atoms with van der Waals surface area (Å²) in [7, 11) is 0. The Balaban J connectivity index is 2.19. The van der Waals surface area contributed by atoms with E-state index in [0.717, 1.165) is 12.2 Å². The number of hydrazine groups is 1. The molecule has 1 aliphatic rings. The highest BCUT2D eigenvalue weighted by Gasteiger charge is 2.26. The summed E-state index contributed by atoms with van der Waals surface area (Å²) in [6.07, 6.45) is 1.78. The number of hydrogen-bond donors (Lipinski definition) is 2. The smallest absolute Gasteiger partial charge is 0.0810 e. The van der Waals surface area contributed by atoms with Crippen LogP contribution >= 0.6 is 11.6 Å². The summed E-state index contributed by atoms with van der Waals surface area (Å²) >= 11 is 6.05. The molecule has 1 aromatic rings. The maximum absolute atomic E-state index is 6.05. The number of nitrogens with zero attached hydrogens (tertiary/aromatic N) is 1. The Morgan fingerprint density at radius 2 is 2.42 bits per heavy atom. The molecule has 2 heterocycles. The van der Waals surface area contributed by atoms with Gasteiger partial charge in [0.05, 0.1) is 17.1 Å². The molecule has 1 fully saturated rings. The van der Waals surface area contributed by atoms with Gasteiger partial charge < -0.3 is 0 Å². The molecule has 0 aromatic carbocycles. The van der Waals surface area contributed by atoms with Crippen molar-refractivity contribution in [2.45, 2.75) is 11.4 Å². The number of rotatable bonds is 1. The number of hydrogen-bond acceptors (Lipinski definition) is 3. The zero-order chi connectivity index (χ0) is 8.39. The molecule has 0 bridgehead atoms. The van der Waals surface area contributed by atoms with Crippen molar-refractivity contribution >= 4 is 11.6 Å². The Hall–Kier alpha value is -0.640. The molecule has 12 heavy (non-hydrogen) atoms. The molecule has 1 aliphatic heterocycles. The monoisotopic (exact) mass is 183 g/mol. The van der Waals surface area contributed by atoms with Crippen molar-refractivity contribution in [1.82, 2.24) is 15.8 Å². The van der Waals surface area contributed by atoms with Gasteiger partial charge in [-0.3, -0.25) is 10.4 Å². The number of pyridine rings is 1. The van der Waals surface area contributed by atoms with E-state index in [2.05, 4.69) is 15.8 Å². The molecule has 4 heteroatoms. The van der Waals surface area contributed by atoms with E-state index in [1.807, 2.05) is 18.2 Å². The van der Waals surface area contributed by atoms with Gasteiger partial charge in [0.1, 0.15) is 0 Å². The third kappa shape index (κ3) is 1.43. The van der Waals surface area contributed by atoms with Gasteiger partial charge in [-0.05, 0) is 12.1 Å². The van der Waals surface area contributed by atoms with E-state index >= 15 is 0 Å². The maximum Gasteiger partial charge on any atom is 0.0810 e. The van der Waals surface area contributed by atoms with Gasteiger partial charge in [0.2, 0.25) is 0 Å². The average Bonchev–Trinajstić information content (AvgIpc) is 2.53.